The number of para-hydroxylation sites is 1. The smallest absolute Gasteiger partial charge is 0.279 e. The minimum absolute atomic E-state index is 0.158. The van der Waals surface area contributed by atoms with Crippen molar-refractivity contribution in [3.63, 3.8) is 0 Å². The van der Waals surface area contributed by atoms with E-state index >= 15 is 0 Å². The van der Waals surface area contributed by atoms with E-state index in [1.807, 2.05) is 29.7 Å². The number of fused-ring (bicyclic) bond motifs is 1. The van der Waals surface area contributed by atoms with Gasteiger partial charge in [0.15, 0.2) is 4.80 Å². The lowest BCUT2D eigenvalue weighted by molar-refractivity contribution is 0.0730. The van der Waals surface area contributed by atoms with Crippen molar-refractivity contribution in [1.82, 2.24) is 8.87 Å². The molecule has 0 aliphatic carbocycles. The first-order valence-electron chi connectivity index (χ1n) is 11.0. The van der Waals surface area contributed by atoms with Gasteiger partial charge in [-0.2, -0.15) is 9.30 Å². The van der Waals surface area contributed by atoms with E-state index in [0.717, 1.165) is 22.4 Å². The summed E-state index contributed by atoms with van der Waals surface area (Å²) in [6, 6.07) is 11.8. The molecule has 176 valence electrons. The van der Waals surface area contributed by atoms with Crippen molar-refractivity contribution in [3.8, 4) is 5.75 Å². The molecule has 0 unspecified atom stereocenters. The zero-order valence-corrected chi connectivity index (χ0v) is 20.3. The summed E-state index contributed by atoms with van der Waals surface area (Å²) < 4.78 is 41.1. The topological polar surface area (TPSA) is 90.2 Å². The van der Waals surface area contributed by atoms with Crippen LogP contribution in [0.5, 0.6) is 5.75 Å². The van der Waals surface area contributed by atoms with E-state index < -0.39 is 15.9 Å². The zero-order chi connectivity index (χ0) is 23.4. The predicted molar refractivity (Wildman–Crippen MR) is 127 cm³/mol. The maximum absolute atomic E-state index is 12.9. The van der Waals surface area contributed by atoms with E-state index in [0.29, 0.717) is 49.8 Å². The number of ether oxygens (including phenoxy) is 2. The molecule has 0 radical (unpaired) electrons. The minimum atomic E-state index is -3.61. The van der Waals surface area contributed by atoms with Gasteiger partial charge >= 0.3 is 0 Å². The molecule has 4 rings (SSSR count). The van der Waals surface area contributed by atoms with Gasteiger partial charge in [0.1, 0.15) is 11.3 Å². The van der Waals surface area contributed by atoms with Gasteiger partial charge in [-0.1, -0.05) is 24.3 Å². The lowest BCUT2D eigenvalue weighted by Gasteiger charge is -2.26. The largest absolute Gasteiger partial charge is 0.492 e. The van der Waals surface area contributed by atoms with Gasteiger partial charge in [0.25, 0.3) is 5.91 Å². The summed E-state index contributed by atoms with van der Waals surface area (Å²) >= 11 is 1.43. The molecule has 1 saturated heterocycles. The summed E-state index contributed by atoms with van der Waals surface area (Å²) in [6.45, 7) is 6.67. The molecule has 0 bridgehead atoms. The van der Waals surface area contributed by atoms with E-state index in [2.05, 4.69) is 11.9 Å². The first kappa shape index (κ1) is 23.6. The second-order valence-corrected chi connectivity index (χ2v) is 10.5. The second kappa shape index (κ2) is 10.2. The van der Waals surface area contributed by atoms with Crippen molar-refractivity contribution in [2.24, 2.45) is 4.99 Å². The third-order valence-corrected chi connectivity index (χ3v) is 8.27. The van der Waals surface area contributed by atoms with Crippen LogP contribution in [-0.4, -0.2) is 56.1 Å². The molecule has 2 heterocycles. The van der Waals surface area contributed by atoms with E-state index in [-0.39, 0.29) is 4.90 Å². The van der Waals surface area contributed by atoms with Crippen molar-refractivity contribution in [2.45, 2.75) is 31.7 Å². The van der Waals surface area contributed by atoms with Crippen molar-refractivity contribution in [2.75, 3.05) is 32.9 Å². The lowest BCUT2D eigenvalue weighted by Crippen LogP contribution is -2.40. The lowest BCUT2D eigenvalue weighted by atomic mass is 10.2. The Kier molecular flexibility index (Phi) is 7.28. The number of carbonyl (C=O) groups excluding carboxylic acids is 1. The molecular formula is C23H27N3O5S2. The number of nitrogens with zero attached hydrogens (tertiary/aromatic N) is 3. The van der Waals surface area contributed by atoms with Crippen molar-refractivity contribution in [3.05, 3.63) is 52.8 Å². The molecular weight excluding hydrogens is 462 g/mol. The highest BCUT2D eigenvalue weighted by Gasteiger charge is 2.26. The first-order chi connectivity index (χ1) is 16.0. The Bertz CT molecular complexity index is 1300. The number of morpholine rings is 1. The second-order valence-electron chi connectivity index (χ2n) is 7.53. The molecule has 1 fully saturated rings. The summed E-state index contributed by atoms with van der Waals surface area (Å²) in [5.41, 5.74) is 1.27. The number of benzene rings is 2. The molecule has 1 amide bonds. The van der Waals surface area contributed by atoms with Crippen LogP contribution in [0.15, 0.2) is 52.4 Å². The number of aromatic nitrogens is 1. The van der Waals surface area contributed by atoms with Crippen LogP contribution in [0, 0.1) is 0 Å². The summed E-state index contributed by atoms with van der Waals surface area (Å²) in [4.78, 5) is 18.1. The van der Waals surface area contributed by atoms with Crippen LogP contribution in [-0.2, 0) is 21.3 Å². The Morgan fingerprint density at radius 2 is 1.85 bits per heavy atom. The standard InChI is InChI=1S/C23H27N3O5S2/c1-3-12-26-21-19(31-4-2)6-5-7-20(21)32-23(26)24-22(27)17-8-10-18(11-9-17)33(28,29)25-13-15-30-16-14-25/h5-11H,3-4,12-16H2,1-2H3. The molecule has 8 nitrogen and oxygen atoms in total. The number of rotatable bonds is 7. The van der Waals surface area contributed by atoms with Gasteiger partial charge in [0.2, 0.25) is 10.0 Å². The fourth-order valence-electron chi connectivity index (χ4n) is 3.74. The summed E-state index contributed by atoms with van der Waals surface area (Å²) in [5.74, 6) is 0.353. The minimum Gasteiger partial charge on any atom is -0.492 e. The molecule has 0 atom stereocenters. The summed E-state index contributed by atoms with van der Waals surface area (Å²) in [5, 5.41) is 0. The Morgan fingerprint density at radius 1 is 1.12 bits per heavy atom. The molecule has 0 saturated carbocycles. The molecule has 1 aliphatic rings. The van der Waals surface area contributed by atoms with Crippen molar-refractivity contribution in [1.29, 1.82) is 0 Å². The highest BCUT2D eigenvalue weighted by atomic mass is 32.2. The molecule has 33 heavy (non-hydrogen) atoms. The Morgan fingerprint density at radius 3 is 2.52 bits per heavy atom. The number of sulfonamides is 1. The van der Waals surface area contributed by atoms with Crippen molar-refractivity contribution < 1.29 is 22.7 Å². The number of aryl methyl sites for hydroxylation is 1. The van der Waals surface area contributed by atoms with Gasteiger partial charge in [0, 0.05) is 25.2 Å². The maximum Gasteiger partial charge on any atom is 0.279 e. The number of hydrogen-bond acceptors (Lipinski definition) is 6. The molecule has 3 aromatic rings. The molecule has 2 aromatic carbocycles. The Balaban J connectivity index is 1.67. The molecule has 1 aliphatic heterocycles. The average Bonchev–Trinajstić information content (AvgIpc) is 3.18. The van der Waals surface area contributed by atoms with Gasteiger partial charge in [-0.3, -0.25) is 4.79 Å². The molecule has 1 aromatic heterocycles. The molecule has 0 spiro atoms. The van der Waals surface area contributed by atoms with Crippen LogP contribution in [0.2, 0.25) is 0 Å². The Labute approximate surface area is 197 Å². The van der Waals surface area contributed by atoms with E-state index in [1.165, 1.54) is 39.9 Å². The van der Waals surface area contributed by atoms with Crippen LogP contribution in [0.4, 0.5) is 0 Å². The third kappa shape index (κ3) is 4.89. The quantitative estimate of drug-likeness (QED) is 0.508. The van der Waals surface area contributed by atoms with Gasteiger partial charge < -0.3 is 14.0 Å². The van der Waals surface area contributed by atoms with Crippen LogP contribution in [0.1, 0.15) is 30.6 Å². The normalized spacial score (nSPS) is 15.8. The van der Waals surface area contributed by atoms with E-state index in [1.54, 1.807) is 0 Å². The van der Waals surface area contributed by atoms with E-state index in [4.69, 9.17) is 9.47 Å². The molecule has 10 heteroatoms. The van der Waals surface area contributed by atoms with Crippen molar-refractivity contribution >= 4 is 37.5 Å². The first-order valence-corrected chi connectivity index (χ1v) is 13.2. The zero-order valence-electron chi connectivity index (χ0n) is 18.7. The van der Waals surface area contributed by atoms with E-state index in [9.17, 15) is 13.2 Å². The maximum atomic E-state index is 12.9. The highest BCUT2D eigenvalue weighted by Crippen LogP contribution is 2.28. The average molecular weight is 490 g/mol. The van der Waals surface area contributed by atoms with Crippen LogP contribution in [0.3, 0.4) is 0 Å². The summed E-state index contributed by atoms with van der Waals surface area (Å²) in [7, 11) is -3.61. The Hall–Kier alpha value is -2.53. The van der Waals surface area contributed by atoms with Gasteiger partial charge in [-0.05, 0) is 49.7 Å². The van der Waals surface area contributed by atoms with Gasteiger partial charge in [-0.25, -0.2) is 8.42 Å². The van der Waals surface area contributed by atoms with Gasteiger partial charge in [0.05, 0.1) is 29.4 Å². The fraction of sp³-hybridized carbons (Fsp3) is 0.391. The van der Waals surface area contributed by atoms with Crippen LogP contribution in [0.25, 0.3) is 10.2 Å². The number of amides is 1. The van der Waals surface area contributed by atoms with Crippen LogP contribution < -0.4 is 9.54 Å². The fourth-order valence-corrected chi connectivity index (χ4v) is 6.22. The van der Waals surface area contributed by atoms with Gasteiger partial charge in [-0.15, -0.1) is 0 Å². The number of carbonyl (C=O) groups is 1. The summed E-state index contributed by atoms with van der Waals surface area (Å²) in [6.07, 6.45) is 0.877. The SMILES string of the molecule is CCCn1c(=NC(=O)c2ccc(S(=O)(=O)N3CCOCC3)cc2)sc2cccc(OCC)c21. The highest BCUT2D eigenvalue weighted by molar-refractivity contribution is 7.89. The van der Waals surface area contributed by atoms with Crippen LogP contribution >= 0.6 is 11.3 Å². The number of thiazole rings is 1. The monoisotopic (exact) mass is 489 g/mol. The predicted octanol–water partition coefficient (Wildman–Crippen LogP) is 3.27. The molecule has 0 N–H and O–H groups in total. The number of hydrogen-bond donors (Lipinski definition) is 0. The third-order valence-electron chi connectivity index (χ3n) is 5.32.